The van der Waals surface area contributed by atoms with Crippen LogP contribution in [0.4, 0.5) is 9.18 Å². The van der Waals surface area contributed by atoms with Gasteiger partial charge < -0.3 is 14.4 Å². The molecule has 2 aromatic rings. The molecular formula is C22H23BrFNO4. The van der Waals surface area contributed by atoms with E-state index in [-0.39, 0.29) is 30.7 Å². The summed E-state index contributed by atoms with van der Waals surface area (Å²) in [5.41, 5.74) is 0.665. The molecule has 0 aromatic heterocycles. The highest BCUT2D eigenvalue weighted by molar-refractivity contribution is 9.10. The van der Waals surface area contributed by atoms with Crippen molar-refractivity contribution < 1.29 is 23.5 Å². The van der Waals surface area contributed by atoms with Crippen molar-refractivity contribution in [1.29, 1.82) is 0 Å². The molecule has 0 radical (unpaired) electrons. The Morgan fingerprint density at radius 3 is 2.66 bits per heavy atom. The van der Waals surface area contributed by atoms with Gasteiger partial charge in [0.05, 0.1) is 13.2 Å². The van der Waals surface area contributed by atoms with E-state index >= 15 is 0 Å². The maximum absolute atomic E-state index is 13.4. The van der Waals surface area contributed by atoms with Crippen LogP contribution in [0, 0.1) is 5.82 Å². The van der Waals surface area contributed by atoms with Gasteiger partial charge in [-0.2, -0.15) is 0 Å². The van der Waals surface area contributed by atoms with Crippen LogP contribution in [0.5, 0.6) is 0 Å². The van der Waals surface area contributed by atoms with E-state index in [4.69, 9.17) is 9.47 Å². The van der Waals surface area contributed by atoms with Crippen LogP contribution in [0.25, 0.3) is 0 Å². The van der Waals surface area contributed by atoms with Crippen LogP contribution in [0.3, 0.4) is 0 Å². The number of hydrogen-bond donors (Lipinski definition) is 0. The lowest BCUT2D eigenvalue weighted by Gasteiger charge is -2.43. The van der Waals surface area contributed by atoms with Gasteiger partial charge in [-0.1, -0.05) is 40.2 Å². The highest BCUT2D eigenvalue weighted by Crippen LogP contribution is 2.40. The van der Waals surface area contributed by atoms with Crippen LogP contribution < -0.4 is 0 Å². The molecule has 5 nitrogen and oxygen atoms in total. The molecule has 1 saturated heterocycles. The van der Waals surface area contributed by atoms with Gasteiger partial charge in [0.25, 0.3) is 0 Å². The SMILES string of the molecule is COC(=O)CC[C@]1(c2ccc(F)cc2)CCN([C@@H](C)c2cccc(Br)c2)C(=O)O1. The minimum atomic E-state index is -0.994. The Hall–Kier alpha value is -2.41. The Morgan fingerprint density at radius 2 is 2.03 bits per heavy atom. The summed E-state index contributed by atoms with van der Waals surface area (Å²) < 4.78 is 25.0. The summed E-state index contributed by atoms with van der Waals surface area (Å²) in [6, 6.07) is 13.5. The fraction of sp³-hybridized carbons (Fsp3) is 0.364. The lowest BCUT2D eigenvalue weighted by Crippen LogP contribution is -2.49. The number of carbonyl (C=O) groups excluding carboxylic acids is 2. The van der Waals surface area contributed by atoms with E-state index in [0.717, 1.165) is 10.0 Å². The van der Waals surface area contributed by atoms with E-state index in [0.29, 0.717) is 18.5 Å². The quantitative estimate of drug-likeness (QED) is 0.542. The number of cyclic esters (lactones) is 1. The summed E-state index contributed by atoms with van der Waals surface area (Å²) in [7, 11) is 1.32. The maximum atomic E-state index is 13.4. The predicted octanol–water partition coefficient (Wildman–Crippen LogP) is 5.34. The van der Waals surface area contributed by atoms with E-state index in [9.17, 15) is 14.0 Å². The number of rotatable bonds is 6. The van der Waals surface area contributed by atoms with Crippen molar-refractivity contribution in [3.63, 3.8) is 0 Å². The lowest BCUT2D eigenvalue weighted by molar-refractivity contribution is -0.143. The molecule has 1 fully saturated rings. The molecule has 1 amide bonds. The molecule has 0 unspecified atom stereocenters. The van der Waals surface area contributed by atoms with Gasteiger partial charge in [0.15, 0.2) is 0 Å². The molecule has 0 N–H and O–H groups in total. The van der Waals surface area contributed by atoms with E-state index in [1.54, 1.807) is 17.0 Å². The van der Waals surface area contributed by atoms with Crippen molar-refractivity contribution in [2.75, 3.05) is 13.7 Å². The monoisotopic (exact) mass is 463 g/mol. The number of carbonyl (C=O) groups is 2. The van der Waals surface area contributed by atoms with Crippen LogP contribution in [0.15, 0.2) is 53.0 Å². The average molecular weight is 464 g/mol. The molecule has 1 aliphatic rings. The topological polar surface area (TPSA) is 55.8 Å². The van der Waals surface area contributed by atoms with Gasteiger partial charge in [0.2, 0.25) is 0 Å². The normalized spacial score (nSPS) is 20.1. The van der Waals surface area contributed by atoms with E-state index in [1.165, 1.54) is 19.2 Å². The first kappa shape index (κ1) is 21.3. The second-order valence-corrected chi connectivity index (χ2v) is 8.04. The molecule has 2 atom stereocenters. The van der Waals surface area contributed by atoms with Crippen LogP contribution in [-0.4, -0.2) is 30.6 Å². The zero-order chi connectivity index (χ0) is 21.0. The van der Waals surface area contributed by atoms with Crippen molar-refractivity contribution in [2.24, 2.45) is 0 Å². The van der Waals surface area contributed by atoms with Gasteiger partial charge in [-0.25, -0.2) is 9.18 Å². The number of ether oxygens (including phenoxy) is 2. The van der Waals surface area contributed by atoms with E-state index in [2.05, 4.69) is 15.9 Å². The predicted molar refractivity (Wildman–Crippen MR) is 110 cm³/mol. The van der Waals surface area contributed by atoms with Crippen LogP contribution in [0.1, 0.15) is 43.4 Å². The Kier molecular flexibility index (Phi) is 6.57. The van der Waals surface area contributed by atoms with Gasteiger partial charge in [-0.05, 0) is 42.3 Å². The number of esters is 1. The molecular weight excluding hydrogens is 441 g/mol. The van der Waals surface area contributed by atoms with Crippen molar-refractivity contribution in [3.05, 3.63) is 69.9 Å². The van der Waals surface area contributed by atoms with E-state index < -0.39 is 11.7 Å². The molecule has 0 saturated carbocycles. The van der Waals surface area contributed by atoms with Gasteiger partial charge in [-0.15, -0.1) is 0 Å². The van der Waals surface area contributed by atoms with Crippen molar-refractivity contribution in [2.45, 2.75) is 37.8 Å². The molecule has 154 valence electrons. The van der Waals surface area contributed by atoms with Gasteiger partial charge in [0, 0.05) is 30.3 Å². The molecule has 0 aliphatic carbocycles. The minimum absolute atomic E-state index is 0.0995. The third-order valence-electron chi connectivity index (χ3n) is 5.40. The Bertz CT molecular complexity index is 889. The highest BCUT2D eigenvalue weighted by Gasteiger charge is 2.43. The fourth-order valence-electron chi connectivity index (χ4n) is 3.65. The second-order valence-electron chi connectivity index (χ2n) is 7.12. The first-order valence-corrected chi connectivity index (χ1v) is 10.2. The summed E-state index contributed by atoms with van der Waals surface area (Å²) in [6.45, 7) is 2.40. The third kappa shape index (κ3) is 4.78. The first-order chi connectivity index (χ1) is 13.8. The fourth-order valence-corrected chi connectivity index (χ4v) is 4.07. The summed E-state index contributed by atoms with van der Waals surface area (Å²) in [4.78, 5) is 26.3. The number of hydrogen-bond acceptors (Lipinski definition) is 4. The van der Waals surface area contributed by atoms with Crippen molar-refractivity contribution in [1.82, 2.24) is 4.90 Å². The van der Waals surface area contributed by atoms with Gasteiger partial charge in [-0.3, -0.25) is 4.79 Å². The molecule has 29 heavy (non-hydrogen) atoms. The number of halogens is 2. The summed E-state index contributed by atoms with van der Waals surface area (Å²) in [5, 5.41) is 0. The highest BCUT2D eigenvalue weighted by atomic mass is 79.9. The molecule has 1 heterocycles. The molecule has 2 aromatic carbocycles. The van der Waals surface area contributed by atoms with Crippen molar-refractivity contribution in [3.8, 4) is 0 Å². The summed E-state index contributed by atoms with van der Waals surface area (Å²) in [6.07, 6.45) is 0.399. The smallest absolute Gasteiger partial charge is 0.411 e. The molecule has 0 bridgehead atoms. The van der Waals surface area contributed by atoms with Crippen LogP contribution in [-0.2, 0) is 19.9 Å². The minimum Gasteiger partial charge on any atom is -0.469 e. The Balaban J connectivity index is 1.84. The Labute approximate surface area is 177 Å². The zero-order valence-corrected chi connectivity index (χ0v) is 17.9. The molecule has 1 aliphatic heterocycles. The van der Waals surface area contributed by atoms with Crippen LogP contribution in [0.2, 0.25) is 0 Å². The standard InChI is InChI=1S/C22H23BrFNO4/c1-15(16-4-3-5-18(23)14-16)25-13-12-22(29-21(25)27,11-10-20(26)28-2)17-6-8-19(24)9-7-17/h3-9,14-15H,10-13H2,1-2H3/t15-,22+/m0/s1. The average Bonchev–Trinajstić information content (AvgIpc) is 2.72. The molecule has 3 rings (SSSR count). The lowest BCUT2D eigenvalue weighted by atomic mass is 9.84. The number of methoxy groups -OCH3 is 1. The number of benzene rings is 2. The van der Waals surface area contributed by atoms with Crippen LogP contribution >= 0.6 is 15.9 Å². The number of amides is 1. The Morgan fingerprint density at radius 1 is 1.31 bits per heavy atom. The van der Waals surface area contributed by atoms with Crippen molar-refractivity contribution >= 4 is 28.0 Å². The van der Waals surface area contributed by atoms with Gasteiger partial charge >= 0.3 is 12.1 Å². The molecule has 0 spiro atoms. The second kappa shape index (κ2) is 8.95. The largest absolute Gasteiger partial charge is 0.469 e. The van der Waals surface area contributed by atoms with Gasteiger partial charge in [0.1, 0.15) is 11.4 Å². The summed E-state index contributed by atoms with van der Waals surface area (Å²) >= 11 is 3.46. The maximum Gasteiger partial charge on any atom is 0.411 e. The zero-order valence-electron chi connectivity index (χ0n) is 16.4. The van der Waals surface area contributed by atoms with E-state index in [1.807, 2.05) is 31.2 Å². The molecule has 7 heteroatoms. The third-order valence-corrected chi connectivity index (χ3v) is 5.90. The summed E-state index contributed by atoms with van der Waals surface area (Å²) in [5.74, 6) is -0.753. The number of nitrogens with zero attached hydrogens (tertiary/aromatic N) is 1. The first-order valence-electron chi connectivity index (χ1n) is 9.42.